The van der Waals surface area contributed by atoms with Crippen molar-refractivity contribution in [2.45, 2.75) is 38.3 Å². The van der Waals surface area contributed by atoms with Gasteiger partial charge in [-0.05, 0) is 53.8 Å². The standard InChI is InChI=1S/C28H28N2O5/c1-28(2,15-25(31)29-16-18-8-7-9-19(14-18)26(32)33)30-27(34)35-17-24-22-12-5-3-10-20(22)21-11-4-6-13-23(21)24/h3-14,24H,15-17H2,1-2H3,(H,29,31)(H,30,34)(H,32,33). The largest absolute Gasteiger partial charge is 0.478 e. The number of aromatic carboxylic acids is 1. The number of carboxylic acid groups (broad SMARTS) is 1. The first-order chi connectivity index (χ1) is 16.7. The number of hydrogen-bond donors (Lipinski definition) is 3. The zero-order valence-electron chi connectivity index (χ0n) is 19.7. The molecule has 7 nitrogen and oxygen atoms in total. The van der Waals surface area contributed by atoms with Crippen molar-refractivity contribution < 1.29 is 24.2 Å². The first kappa shape index (κ1) is 24.0. The lowest BCUT2D eigenvalue weighted by atomic mass is 9.98. The normalized spacial score (nSPS) is 12.4. The summed E-state index contributed by atoms with van der Waals surface area (Å²) >= 11 is 0. The van der Waals surface area contributed by atoms with Crippen molar-refractivity contribution in [1.29, 1.82) is 0 Å². The van der Waals surface area contributed by atoms with E-state index in [-0.39, 0.29) is 37.0 Å². The lowest BCUT2D eigenvalue weighted by Gasteiger charge is -2.26. The summed E-state index contributed by atoms with van der Waals surface area (Å²) in [5.41, 5.74) is 4.58. The molecule has 0 radical (unpaired) electrons. The fraction of sp³-hybridized carbons (Fsp3) is 0.250. The molecule has 2 amide bonds. The summed E-state index contributed by atoms with van der Waals surface area (Å²) in [6.45, 7) is 3.89. The van der Waals surface area contributed by atoms with Crippen LogP contribution in [0.1, 0.15) is 53.2 Å². The predicted octanol–water partition coefficient (Wildman–Crippen LogP) is 4.71. The van der Waals surface area contributed by atoms with Crippen LogP contribution in [0.15, 0.2) is 72.8 Å². The molecule has 1 aliphatic carbocycles. The van der Waals surface area contributed by atoms with E-state index in [1.54, 1.807) is 26.0 Å². The molecule has 0 fully saturated rings. The highest BCUT2D eigenvalue weighted by molar-refractivity contribution is 5.87. The molecule has 0 aliphatic heterocycles. The number of alkyl carbamates (subject to hydrolysis) is 1. The van der Waals surface area contributed by atoms with Gasteiger partial charge in [-0.1, -0.05) is 60.7 Å². The highest BCUT2D eigenvalue weighted by Crippen LogP contribution is 2.44. The second kappa shape index (κ2) is 10.0. The molecule has 35 heavy (non-hydrogen) atoms. The molecule has 1 aliphatic rings. The van der Waals surface area contributed by atoms with Crippen molar-refractivity contribution in [2.75, 3.05) is 6.61 Å². The zero-order chi connectivity index (χ0) is 25.0. The first-order valence-corrected chi connectivity index (χ1v) is 11.5. The maximum absolute atomic E-state index is 12.6. The molecule has 7 heteroatoms. The van der Waals surface area contributed by atoms with E-state index in [4.69, 9.17) is 9.84 Å². The Morgan fingerprint density at radius 3 is 2.17 bits per heavy atom. The molecule has 3 aromatic rings. The average Bonchev–Trinajstić information content (AvgIpc) is 3.15. The lowest BCUT2D eigenvalue weighted by Crippen LogP contribution is -2.47. The van der Waals surface area contributed by atoms with Crippen LogP contribution >= 0.6 is 0 Å². The highest BCUT2D eigenvalue weighted by Gasteiger charge is 2.30. The van der Waals surface area contributed by atoms with Gasteiger partial charge in [0.05, 0.1) is 5.56 Å². The SMILES string of the molecule is CC(C)(CC(=O)NCc1cccc(C(=O)O)c1)NC(=O)OCC1c2ccccc2-c2ccccc21. The molecular weight excluding hydrogens is 444 g/mol. The fourth-order valence-electron chi connectivity index (χ4n) is 4.43. The van der Waals surface area contributed by atoms with Gasteiger partial charge in [0.15, 0.2) is 0 Å². The Morgan fingerprint density at radius 1 is 0.914 bits per heavy atom. The van der Waals surface area contributed by atoms with Crippen molar-refractivity contribution in [3.8, 4) is 11.1 Å². The number of carbonyl (C=O) groups is 3. The van der Waals surface area contributed by atoms with Crippen LogP contribution in [0.2, 0.25) is 0 Å². The molecule has 3 N–H and O–H groups in total. The summed E-state index contributed by atoms with van der Waals surface area (Å²) in [6.07, 6.45) is -0.547. The third-order valence-electron chi connectivity index (χ3n) is 6.05. The predicted molar refractivity (Wildman–Crippen MR) is 132 cm³/mol. The van der Waals surface area contributed by atoms with Gasteiger partial charge in [0.25, 0.3) is 0 Å². The summed E-state index contributed by atoms with van der Waals surface area (Å²) in [4.78, 5) is 36.1. The number of rotatable bonds is 8. The molecule has 0 unspecified atom stereocenters. The Morgan fingerprint density at radius 2 is 1.54 bits per heavy atom. The van der Waals surface area contributed by atoms with Crippen molar-refractivity contribution >= 4 is 18.0 Å². The van der Waals surface area contributed by atoms with Gasteiger partial charge < -0.3 is 20.5 Å². The average molecular weight is 473 g/mol. The molecule has 0 atom stereocenters. The van der Waals surface area contributed by atoms with E-state index in [2.05, 4.69) is 34.9 Å². The van der Waals surface area contributed by atoms with Gasteiger partial charge in [-0.25, -0.2) is 9.59 Å². The van der Waals surface area contributed by atoms with E-state index in [0.29, 0.717) is 5.56 Å². The third kappa shape index (κ3) is 5.69. The van der Waals surface area contributed by atoms with Gasteiger partial charge in [0.1, 0.15) is 6.61 Å². The maximum Gasteiger partial charge on any atom is 0.407 e. The quantitative estimate of drug-likeness (QED) is 0.440. The molecule has 0 spiro atoms. The number of benzene rings is 3. The minimum atomic E-state index is -1.02. The zero-order valence-corrected chi connectivity index (χ0v) is 19.7. The van der Waals surface area contributed by atoms with Crippen LogP contribution in [-0.4, -0.2) is 35.2 Å². The van der Waals surface area contributed by atoms with Crippen molar-refractivity contribution in [2.24, 2.45) is 0 Å². The summed E-state index contributed by atoms with van der Waals surface area (Å²) in [7, 11) is 0. The number of ether oxygens (including phenoxy) is 1. The summed E-state index contributed by atoms with van der Waals surface area (Å²) in [5, 5.41) is 14.6. The van der Waals surface area contributed by atoms with E-state index in [1.165, 1.54) is 12.1 Å². The van der Waals surface area contributed by atoms with Crippen molar-refractivity contribution in [3.05, 3.63) is 95.1 Å². The lowest BCUT2D eigenvalue weighted by molar-refractivity contribution is -0.122. The topological polar surface area (TPSA) is 105 Å². The number of fused-ring (bicyclic) bond motifs is 3. The number of amides is 2. The van der Waals surface area contributed by atoms with Crippen LogP contribution in [0, 0.1) is 0 Å². The third-order valence-corrected chi connectivity index (χ3v) is 6.05. The Labute approximate surface area is 204 Å². The van der Waals surface area contributed by atoms with Gasteiger partial charge in [0.2, 0.25) is 5.91 Å². The van der Waals surface area contributed by atoms with Crippen molar-refractivity contribution in [1.82, 2.24) is 10.6 Å². The Bertz CT molecular complexity index is 1220. The number of carbonyl (C=O) groups excluding carboxylic acids is 2. The van der Waals surface area contributed by atoms with Gasteiger partial charge in [-0.3, -0.25) is 4.79 Å². The van der Waals surface area contributed by atoms with Crippen molar-refractivity contribution in [3.63, 3.8) is 0 Å². The monoisotopic (exact) mass is 472 g/mol. The minimum Gasteiger partial charge on any atom is -0.478 e. The molecule has 0 saturated carbocycles. The second-order valence-corrected chi connectivity index (χ2v) is 9.29. The fourth-order valence-corrected chi connectivity index (χ4v) is 4.43. The van der Waals surface area contributed by atoms with Crippen LogP contribution in [0.4, 0.5) is 4.79 Å². The van der Waals surface area contributed by atoms with E-state index in [9.17, 15) is 14.4 Å². The number of nitrogens with one attached hydrogen (secondary N) is 2. The number of carboxylic acids is 1. The molecule has 0 aromatic heterocycles. The van der Waals surface area contributed by atoms with E-state index >= 15 is 0 Å². The van der Waals surface area contributed by atoms with Crippen LogP contribution in [0.3, 0.4) is 0 Å². The molecule has 0 heterocycles. The maximum atomic E-state index is 12.6. The van der Waals surface area contributed by atoms with Crippen LogP contribution in [0.25, 0.3) is 11.1 Å². The highest BCUT2D eigenvalue weighted by atomic mass is 16.5. The van der Waals surface area contributed by atoms with Gasteiger partial charge in [-0.2, -0.15) is 0 Å². The van der Waals surface area contributed by atoms with E-state index in [0.717, 1.165) is 22.3 Å². The molecule has 3 aromatic carbocycles. The minimum absolute atomic E-state index is 0.0375. The van der Waals surface area contributed by atoms with Gasteiger partial charge >= 0.3 is 12.1 Å². The van der Waals surface area contributed by atoms with Crippen LogP contribution < -0.4 is 10.6 Å². The van der Waals surface area contributed by atoms with Gasteiger partial charge in [-0.15, -0.1) is 0 Å². The van der Waals surface area contributed by atoms with Crippen LogP contribution in [-0.2, 0) is 16.1 Å². The summed E-state index contributed by atoms with van der Waals surface area (Å²) < 4.78 is 5.58. The molecular formula is C28H28N2O5. The molecule has 4 rings (SSSR count). The first-order valence-electron chi connectivity index (χ1n) is 11.5. The molecule has 0 bridgehead atoms. The Balaban J connectivity index is 1.30. The van der Waals surface area contributed by atoms with E-state index in [1.807, 2.05) is 24.3 Å². The Hall–Kier alpha value is -4.13. The number of hydrogen-bond acceptors (Lipinski definition) is 4. The van der Waals surface area contributed by atoms with E-state index < -0.39 is 17.6 Å². The summed E-state index contributed by atoms with van der Waals surface area (Å²) in [6, 6.07) is 22.6. The van der Waals surface area contributed by atoms with Gasteiger partial charge in [0, 0.05) is 24.4 Å². The molecule has 0 saturated heterocycles. The summed E-state index contributed by atoms with van der Waals surface area (Å²) in [5.74, 6) is -1.33. The Kier molecular flexibility index (Phi) is 6.87. The second-order valence-electron chi connectivity index (χ2n) is 9.29. The van der Waals surface area contributed by atoms with Crippen LogP contribution in [0.5, 0.6) is 0 Å². The smallest absolute Gasteiger partial charge is 0.407 e. The molecule has 180 valence electrons.